The average molecular weight is 461 g/mol. The summed E-state index contributed by atoms with van der Waals surface area (Å²) in [5.74, 6) is 0.0809. The standard InChI is InChI=1S/C25H40N4O4/c1-6-9-27-12-14-28(15-13-27)21(30)16-20-7-10-29(11-8-20)24(31)23-18(4)22(19(5)26-23)25(32)33-17(2)3/h17,20,26H,6-16H2,1-5H3. The zero-order valence-corrected chi connectivity index (χ0v) is 20.9. The Labute approximate surface area is 197 Å². The zero-order valence-electron chi connectivity index (χ0n) is 20.9. The first-order valence-corrected chi connectivity index (χ1v) is 12.4. The van der Waals surface area contributed by atoms with Gasteiger partial charge in [-0.15, -0.1) is 0 Å². The number of piperazine rings is 1. The Hall–Kier alpha value is -2.35. The summed E-state index contributed by atoms with van der Waals surface area (Å²) in [6.07, 6.45) is 3.16. The Morgan fingerprint density at radius 2 is 1.64 bits per heavy atom. The Balaban J connectivity index is 1.51. The highest BCUT2D eigenvalue weighted by Crippen LogP contribution is 2.26. The number of nitrogens with zero attached hydrogens (tertiary/aromatic N) is 3. The van der Waals surface area contributed by atoms with Gasteiger partial charge in [0, 0.05) is 51.4 Å². The normalized spacial score (nSPS) is 18.1. The SMILES string of the molecule is CCCN1CCN(C(=O)CC2CCN(C(=O)c3[nH]c(C)c(C(=O)OC(C)C)c3C)CC2)CC1. The quantitative estimate of drug-likeness (QED) is 0.632. The molecular weight excluding hydrogens is 420 g/mol. The van der Waals surface area contributed by atoms with Gasteiger partial charge in [0.25, 0.3) is 5.91 Å². The molecule has 0 atom stereocenters. The van der Waals surface area contributed by atoms with E-state index in [1.54, 1.807) is 13.8 Å². The molecule has 0 saturated carbocycles. The summed E-state index contributed by atoms with van der Waals surface area (Å²) in [5, 5.41) is 0. The maximum atomic E-state index is 13.2. The van der Waals surface area contributed by atoms with E-state index >= 15 is 0 Å². The number of nitrogens with one attached hydrogen (secondary N) is 1. The van der Waals surface area contributed by atoms with Crippen molar-refractivity contribution in [2.24, 2.45) is 5.92 Å². The number of amides is 2. The number of ether oxygens (including phenoxy) is 1. The van der Waals surface area contributed by atoms with Crippen LogP contribution < -0.4 is 0 Å². The fourth-order valence-corrected chi connectivity index (χ4v) is 4.95. The number of piperidine rings is 1. The van der Waals surface area contributed by atoms with Gasteiger partial charge in [0.1, 0.15) is 5.69 Å². The van der Waals surface area contributed by atoms with E-state index in [0.717, 1.165) is 52.0 Å². The molecule has 8 heteroatoms. The first kappa shape index (κ1) is 25.3. The molecule has 0 bridgehead atoms. The Kier molecular flexibility index (Phi) is 8.57. The third-order valence-corrected chi connectivity index (χ3v) is 6.83. The number of hydrogen-bond donors (Lipinski definition) is 1. The van der Waals surface area contributed by atoms with Crippen LogP contribution in [0, 0.1) is 19.8 Å². The topological polar surface area (TPSA) is 86.0 Å². The molecule has 1 aromatic heterocycles. The molecule has 0 unspecified atom stereocenters. The van der Waals surface area contributed by atoms with Crippen molar-refractivity contribution in [3.8, 4) is 0 Å². The number of carbonyl (C=O) groups is 3. The van der Waals surface area contributed by atoms with E-state index in [4.69, 9.17) is 4.74 Å². The van der Waals surface area contributed by atoms with Gasteiger partial charge < -0.3 is 19.5 Å². The van der Waals surface area contributed by atoms with E-state index in [1.165, 1.54) is 0 Å². The molecular formula is C25H40N4O4. The van der Waals surface area contributed by atoms with Gasteiger partial charge in [-0.2, -0.15) is 0 Å². The number of H-pyrrole nitrogens is 1. The molecule has 184 valence electrons. The van der Waals surface area contributed by atoms with Gasteiger partial charge in [-0.3, -0.25) is 14.5 Å². The summed E-state index contributed by atoms with van der Waals surface area (Å²) in [5.41, 5.74) is 2.21. The minimum atomic E-state index is -0.400. The Bertz CT molecular complexity index is 847. The number of aromatic nitrogens is 1. The van der Waals surface area contributed by atoms with Gasteiger partial charge in [0.2, 0.25) is 5.91 Å². The van der Waals surface area contributed by atoms with E-state index < -0.39 is 5.97 Å². The van der Waals surface area contributed by atoms with Gasteiger partial charge in [0.15, 0.2) is 0 Å². The van der Waals surface area contributed by atoms with Crippen LogP contribution in [0.25, 0.3) is 0 Å². The number of rotatable bonds is 7. The number of esters is 1. The lowest BCUT2D eigenvalue weighted by molar-refractivity contribution is -0.134. The molecule has 2 aliphatic rings. The van der Waals surface area contributed by atoms with E-state index in [0.29, 0.717) is 47.9 Å². The van der Waals surface area contributed by atoms with Crippen molar-refractivity contribution in [1.29, 1.82) is 0 Å². The maximum absolute atomic E-state index is 13.2. The lowest BCUT2D eigenvalue weighted by Crippen LogP contribution is -2.49. The minimum absolute atomic E-state index is 0.0870. The molecule has 0 radical (unpaired) electrons. The first-order valence-electron chi connectivity index (χ1n) is 12.4. The van der Waals surface area contributed by atoms with Crippen LogP contribution in [0.15, 0.2) is 0 Å². The lowest BCUT2D eigenvalue weighted by atomic mass is 9.92. The van der Waals surface area contributed by atoms with Crippen molar-refractivity contribution in [3.05, 3.63) is 22.5 Å². The van der Waals surface area contributed by atoms with Crippen molar-refractivity contribution in [1.82, 2.24) is 19.7 Å². The second-order valence-corrected chi connectivity index (χ2v) is 9.74. The van der Waals surface area contributed by atoms with Gasteiger partial charge in [-0.1, -0.05) is 6.92 Å². The summed E-state index contributed by atoms with van der Waals surface area (Å²) in [6.45, 7) is 15.3. The second-order valence-electron chi connectivity index (χ2n) is 9.74. The van der Waals surface area contributed by atoms with Crippen LogP contribution in [-0.4, -0.2) is 89.4 Å². The van der Waals surface area contributed by atoms with Crippen LogP contribution in [0.1, 0.15) is 78.6 Å². The molecule has 0 aromatic carbocycles. The first-order chi connectivity index (χ1) is 15.7. The Morgan fingerprint density at radius 1 is 1.00 bits per heavy atom. The molecule has 0 spiro atoms. The molecule has 2 fully saturated rings. The number of likely N-dealkylation sites (tertiary alicyclic amines) is 1. The highest BCUT2D eigenvalue weighted by Gasteiger charge is 2.30. The summed E-state index contributed by atoms with van der Waals surface area (Å²) in [6, 6.07) is 0. The van der Waals surface area contributed by atoms with Crippen molar-refractivity contribution in [2.75, 3.05) is 45.8 Å². The molecule has 2 amide bonds. The van der Waals surface area contributed by atoms with Gasteiger partial charge in [0.05, 0.1) is 11.7 Å². The molecule has 3 heterocycles. The van der Waals surface area contributed by atoms with Crippen LogP contribution in [0.3, 0.4) is 0 Å². The third kappa shape index (κ3) is 6.16. The van der Waals surface area contributed by atoms with Crippen LogP contribution in [0.4, 0.5) is 0 Å². The smallest absolute Gasteiger partial charge is 0.340 e. The van der Waals surface area contributed by atoms with Crippen LogP contribution >= 0.6 is 0 Å². The predicted molar refractivity (Wildman–Crippen MR) is 127 cm³/mol. The van der Waals surface area contributed by atoms with E-state index in [-0.39, 0.29) is 17.9 Å². The van der Waals surface area contributed by atoms with Crippen molar-refractivity contribution in [2.45, 2.75) is 66.4 Å². The summed E-state index contributed by atoms with van der Waals surface area (Å²) in [4.78, 5) is 47.7. The molecule has 33 heavy (non-hydrogen) atoms. The van der Waals surface area contributed by atoms with E-state index in [1.807, 2.05) is 23.6 Å². The fourth-order valence-electron chi connectivity index (χ4n) is 4.95. The molecule has 0 aliphatic carbocycles. The molecule has 1 aromatic rings. The monoisotopic (exact) mass is 460 g/mol. The molecule has 2 saturated heterocycles. The van der Waals surface area contributed by atoms with Gasteiger partial charge in [-0.05, 0) is 65.0 Å². The molecule has 8 nitrogen and oxygen atoms in total. The van der Waals surface area contributed by atoms with Crippen molar-refractivity contribution >= 4 is 17.8 Å². The largest absolute Gasteiger partial charge is 0.459 e. The zero-order chi connectivity index (χ0) is 24.1. The maximum Gasteiger partial charge on any atom is 0.340 e. The molecule has 3 rings (SSSR count). The van der Waals surface area contributed by atoms with Crippen LogP contribution in [0.2, 0.25) is 0 Å². The summed E-state index contributed by atoms with van der Waals surface area (Å²) in [7, 11) is 0. The highest BCUT2D eigenvalue weighted by atomic mass is 16.5. The van der Waals surface area contributed by atoms with Crippen molar-refractivity contribution in [3.63, 3.8) is 0 Å². The van der Waals surface area contributed by atoms with E-state index in [2.05, 4.69) is 16.8 Å². The number of aryl methyl sites for hydroxylation is 1. The number of aromatic amines is 1. The fraction of sp³-hybridized carbons (Fsp3) is 0.720. The van der Waals surface area contributed by atoms with Crippen LogP contribution in [-0.2, 0) is 9.53 Å². The van der Waals surface area contributed by atoms with Crippen molar-refractivity contribution < 1.29 is 19.1 Å². The van der Waals surface area contributed by atoms with E-state index in [9.17, 15) is 14.4 Å². The molecule has 1 N–H and O–H groups in total. The highest BCUT2D eigenvalue weighted by molar-refractivity contribution is 6.00. The summed E-state index contributed by atoms with van der Waals surface area (Å²) >= 11 is 0. The second kappa shape index (κ2) is 11.2. The summed E-state index contributed by atoms with van der Waals surface area (Å²) < 4.78 is 5.33. The Morgan fingerprint density at radius 3 is 2.21 bits per heavy atom. The van der Waals surface area contributed by atoms with Gasteiger partial charge in [-0.25, -0.2) is 4.79 Å². The lowest BCUT2D eigenvalue weighted by Gasteiger charge is -2.36. The number of carbonyl (C=O) groups excluding carboxylic acids is 3. The third-order valence-electron chi connectivity index (χ3n) is 6.83. The van der Waals surface area contributed by atoms with Gasteiger partial charge >= 0.3 is 5.97 Å². The minimum Gasteiger partial charge on any atom is -0.459 e. The average Bonchev–Trinajstić information content (AvgIpc) is 3.08. The molecule has 2 aliphatic heterocycles. The predicted octanol–water partition coefficient (Wildman–Crippen LogP) is 2.99. The van der Waals surface area contributed by atoms with Crippen LogP contribution in [0.5, 0.6) is 0 Å². The number of hydrogen-bond acceptors (Lipinski definition) is 5.